The van der Waals surface area contributed by atoms with Gasteiger partial charge in [0.1, 0.15) is 0 Å². The van der Waals surface area contributed by atoms with Crippen LogP contribution in [-0.4, -0.2) is 43.7 Å². The molecule has 0 bridgehead atoms. The molecule has 2 N–H and O–H groups in total. The highest BCUT2D eigenvalue weighted by atomic mass is 79.9. The van der Waals surface area contributed by atoms with Crippen LogP contribution in [-0.2, 0) is 0 Å². The Bertz CT molecular complexity index is 393. The van der Waals surface area contributed by atoms with Gasteiger partial charge in [-0.25, -0.2) is 0 Å². The van der Waals surface area contributed by atoms with Crippen LogP contribution in [0.2, 0.25) is 0 Å². The summed E-state index contributed by atoms with van der Waals surface area (Å²) in [5, 5.41) is 0. The van der Waals surface area contributed by atoms with E-state index in [2.05, 4.69) is 64.0 Å². The van der Waals surface area contributed by atoms with Gasteiger partial charge in [-0.05, 0) is 64.2 Å². The lowest BCUT2D eigenvalue weighted by Gasteiger charge is -2.37. The molecule has 1 aliphatic rings. The third-order valence-corrected chi connectivity index (χ3v) is 4.47. The molecular formula is C15H24BrN3. The van der Waals surface area contributed by atoms with E-state index in [1.54, 1.807) is 0 Å². The van der Waals surface area contributed by atoms with Crippen molar-refractivity contribution in [3.05, 3.63) is 28.7 Å². The molecule has 2 rings (SSSR count). The molecule has 1 saturated heterocycles. The molecule has 0 radical (unpaired) electrons. The fourth-order valence-electron chi connectivity index (χ4n) is 2.95. The van der Waals surface area contributed by atoms with Crippen molar-refractivity contribution in [3.63, 3.8) is 0 Å². The third kappa shape index (κ3) is 3.71. The van der Waals surface area contributed by atoms with Gasteiger partial charge in [0.2, 0.25) is 0 Å². The Labute approximate surface area is 124 Å². The SMILES string of the molecule is CC1CCN(C)CC(CCN)N1c1ccc(Br)cc1. The van der Waals surface area contributed by atoms with Crippen molar-refractivity contribution in [2.75, 3.05) is 31.6 Å². The third-order valence-electron chi connectivity index (χ3n) is 3.94. The van der Waals surface area contributed by atoms with Crippen molar-refractivity contribution in [1.82, 2.24) is 4.90 Å². The van der Waals surface area contributed by atoms with E-state index in [4.69, 9.17) is 5.73 Å². The van der Waals surface area contributed by atoms with Crippen molar-refractivity contribution in [2.45, 2.75) is 31.8 Å². The number of rotatable bonds is 3. The van der Waals surface area contributed by atoms with Gasteiger partial charge in [0.25, 0.3) is 0 Å². The number of anilines is 1. The first-order valence-electron chi connectivity index (χ1n) is 7.04. The van der Waals surface area contributed by atoms with Crippen LogP contribution in [0.3, 0.4) is 0 Å². The average molecular weight is 326 g/mol. The van der Waals surface area contributed by atoms with E-state index in [1.165, 1.54) is 12.1 Å². The normalized spacial score (nSPS) is 25.4. The fraction of sp³-hybridized carbons (Fsp3) is 0.600. The van der Waals surface area contributed by atoms with Gasteiger partial charge in [-0.15, -0.1) is 0 Å². The van der Waals surface area contributed by atoms with Gasteiger partial charge in [0, 0.05) is 28.8 Å². The molecule has 106 valence electrons. The van der Waals surface area contributed by atoms with Crippen molar-refractivity contribution < 1.29 is 0 Å². The van der Waals surface area contributed by atoms with Crippen molar-refractivity contribution >= 4 is 21.6 Å². The van der Waals surface area contributed by atoms with Crippen LogP contribution in [0.15, 0.2) is 28.7 Å². The first-order valence-corrected chi connectivity index (χ1v) is 7.83. The number of hydrogen-bond donors (Lipinski definition) is 1. The zero-order valence-corrected chi connectivity index (χ0v) is 13.4. The molecule has 0 aromatic heterocycles. The molecule has 0 aliphatic carbocycles. The first kappa shape index (κ1) is 14.8. The molecule has 0 amide bonds. The van der Waals surface area contributed by atoms with E-state index < -0.39 is 0 Å². The summed E-state index contributed by atoms with van der Waals surface area (Å²) < 4.78 is 1.13. The largest absolute Gasteiger partial charge is 0.364 e. The van der Waals surface area contributed by atoms with E-state index >= 15 is 0 Å². The fourth-order valence-corrected chi connectivity index (χ4v) is 3.21. The van der Waals surface area contributed by atoms with Gasteiger partial charge in [-0.1, -0.05) is 15.9 Å². The predicted octanol–water partition coefficient (Wildman–Crippen LogP) is 2.70. The molecule has 0 saturated carbocycles. The minimum absolute atomic E-state index is 0.508. The Morgan fingerprint density at radius 2 is 2.00 bits per heavy atom. The number of benzene rings is 1. The summed E-state index contributed by atoms with van der Waals surface area (Å²) in [6, 6.07) is 9.72. The lowest BCUT2D eigenvalue weighted by Crippen LogP contribution is -2.45. The van der Waals surface area contributed by atoms with Crippen molar-refractivity contribution in [2.24, 2.45) is 5.73 Å². The maximum atomic E-state index is 5.81. The smallest absolute Gasteiger partial charge is 0.0431 e. The van der Waals surface area contributed by atoms with Gasteiger partial charge in [-0.3, -0.25) is 0 Å². The van der Waals surface area contributed by atoms with Gasteiger partial charge in [0.15, 0.2) is 0 Å². The summed E-state index contributed by atoms with van der Waals surface area (Å²) in [6.07, 6.45) is 2.25. The number of nitrogens with two attached hydrogens (primary N) is 1. The second-order valence-electron chi connectivity index (χ2n) is 5.51. The summed E-state index contributed by atoms with van der Waals surface area (Å²) in [4.78, 5) is 4.98. The number of halogens is 1. The summed E-state index contributed by atoms with van der Waals surface area (Å²) in [6.45, 7) is 5.33. The molecule has 4 heteroatoms. The maximum absolute atomic E-state index is 5.81. The van der Waals surface area contributed by atoms with E-state index in [0.717, 1.165) is 30.5 Å². The molecule has 1 aromatic carbocycles. The summed E-state index contributed by atoms with van der Waals surface area (Å²) in [5.41, 5.74) is 7.12. The van der Waals surface area contributed by atoms with Crippen LogP contribution in [0.5, 0.6) is 0 Å². The van der Waals surface area contributed by atoms with E-state index in [9.17, 15) is 0 Å². The second-order valence-corrected chi connectivity index (χ2v) is 6.43. The number of likely N-dealkylation sites (N-methyl/N-ethyl adjacent to an activating group) is 1. The molecular weight excluding hydrogens is 302 g/mol. The van der Waals surface area contributed by atoms with Gasteiger partial charge >= 0.3 is 0 Å². The zero-order chi connectivity index (χ0) is 13.8. The molecule has 0 spiro atoms. The minimum atomic E-state index is 0.508. The standard InChI is InChI=1S/C15H24BrN3/c1-12-8-10-18(2)11-15(7-9-17)19(12)14-5-3-13(16)4-6-14/h3-6,12,15H,7-11,17H2,1-2H3. The molecule has 1 aromatic rings. The van der Waals surface area contributed by atoms with Gasteiger partial charge in [0.05, 0.1) is 0 Å². The highest BCUT2D eigenvalue weighted by molar-refractivity contribution is 9.10. The van der Waals surface area contributed by atoms with Crippen LogP contribution in [0, 0.1) is 0 Å². The van der Waals surface area contributed by atoms with Crippen molar-refractivity contribution in [1.29, 1.82) is 0 Å². The molecule has 19 heavy (non-hydrogen) atoms. The molecule has 2 atom stereocenters. The van der Waals surface area contributed by atoms with Crippen LogP contribution >= 0.6 is 15.9 Å². The van der Waals surface area contributed by atoms with Crippen LogP contribution in [0.1, 0.15) is 19.8 Å². The molecule has 1 aliphatic heterocycles. The first-order chi connectivity index (χ1) is 9.11. The van der Waals surface area contributed by atoms with E-state index in [-0.39, 0.29) is 0 Å². The Morgan fingerprint density at radius 3 is 2.63 bits per heavy atom. The highest BCUT2D eigenvalue weighted by Gasteiger charge is 2.27. The Kier molecular flexibility index (Phi) is 5.25. The predicted molar refractivity (Wildman–Crippen MR) is 85.7 cm³/mol. The van der Waals surface area contributed by atoms with Gasteiger partial charge < -0.3 is 15.5 Å². The molecule has 3 nitrogen and oxygen atoms in total. The summed E-state index contributed by atoms with van der Waals surface area (Å²) in [7, 11) is 2.21. The topological polar surface area (TPSA) is 32.5 Å². The Morgan fingerprint density at radius 1 is 1.32 bits per heavy atom. The van der Waals surface area contributed by atoms with Crippen molar-refractivity contribution in [3.8, 4) is 0 Å². The summed E-state index contributed by atoms with van der Waals surface area (Å²) >= 11 is 3.51. The average Bonchev–Trinajstić information content (AvgIpc) is 2.51. The maximum Gasteiger partial charge on any atom is 0.0431 e. The highest BCUT2D eigenvalue weighted by Crippen LogP contribution is 2.27. The van der Waals surface area contributed by atoms with E-state index in [0.29, 0.717) is 12.1 Å². The van der Waals surface area contributed by atoms with E-state index in [1.807, 2.05) is 0 Å². The van der Waals surface area contributed by atoms with Crippen LogP contribution < -0.4 is 10.6 Å². The lowest BCUT2D eigenvalue weighted by molar-refractivity contribution is 0.326. The number of hydrogen-bond acceptors (Lipinski definition) is 3. The molecule has 1 heterocycles. The Hall–Kier alpha value is -0.580. The summed E-state index contributed by atoms with van der Waals surface area (Å²) in [5.74, 6) is 0. The minimum Gasteiger partial charge on any atom is -0.364 e. The van der Waals surface area contributed by atoms with Crippen LogP contribution in [0.4, 0.5) is 5.69 Å². The van der Waals surface area contributed by atoms with Crippen LogP contribution in [0.25, 0.3) is 0 Å². The quantitative estimate of drug-likeness (QED) is 0.927. The number of nitrogens with zero attached hydrogens (tertiary/aromatic N) is 2. The monoisotopic (exact) mass is 325 g/mol. The van der Waals surface area contributed by atoms with Gasteiger partial charge in [-0.2, -0.15) is 0 Å². The molecule has 1 fully saturated rings. The zero-order valence-electron chi connectivity index (χ0n) is 11.8. The molecule has 2 unspecified atom stereocenters. The lowest BCUT2D eigenvalue weighted by atomic mass is 10.1. The second kappa shape index (κ2) is 6.73. The Balaban J connectivity index is 2.27.